The van der Waals surface area contributed by atoms with E-state index < -0.39 is 18.1 Å². The van der Waals surface area contributed by atoms with Gasteiger partial charge in [0, 0.05) is 6.42 Å². The van der Waals surface area contributed by atoms with Gasteiger partial charge >= 0.3 is 6.09 Å². The summed E-state index contributed by atoms with van der Waals surface area (Å²) in [6, 6.07) is 5.28. The van der Waals surface area contributed by atoms with Gasteiger partial charge in [-0.25, -0.2) is 4.79 Å². The summed E-state index contributed by atoms with van der Waals surface area (Å²) in [4.78, 5) is 22.2. The number of carbonyl (C=O) groups excluding carboxylic acids is 2. The molecule has 6 nitrogen and oxygen atoms in total. The summed E-state index contributed by atoms with van der Waals surface area (Å²) in [5.74, 6) is 0.753. The van der Waals surface area contributed by atoms with E-state index in [4.69, 9.17) is 14.2 Å². The highest BCUT2D eigenvalue weighted by Gasteiger charge is 2.32. The summed E-state index contributed by atoms with van der Waals surface area (Å²) in [6.07, 6.45) is -1.18. The van der Waals surface area contributed by atoms with Crippen LogP contribution in [0.3, 0.4) is 0 Å². The van der Waals surface area contributed by atoms with E-state index in [1.54, 1.807) is 25.3 Å². The molecule has 2 rings (SSSR count). The molecule has 0 aromatic heterocycles. The Labute approximate surface area is 104 Å². The Balaban J connectivity index is 2.14. The molecule has 1 aromatic carbocycles. The molecular formula is C12H13NO5. The predicted molar refractivity (Wildman–Crippen MR) is 61.7 cm³/mol. The molecule has 1 heterocycles. The summed E-state index contributed by atoms with van der Waals surface area (Å²) >= 11 is 0. The second-order valence-electron chi connectivity index (χ2n) is 3.78. The Morgan fingerprint density at radius 3 is 2.50 bits per heavy atom. The van der Waals surface area contributed by atoms with Crippen molar-refractivity contribution in [3.05, 3.63) is 23.8 Å². The van der Waals surface area contributed by atoms with Gasteiger partial charge in [-0.15, -0.1) is 0 Å². The number of amides is 2. The van der Waals surface area contributed by atoms with Crippen LogP contribution >= 0.6 is 0 Å². The molecule has 1 N–H and O–H groups in total. The quantitative estimate of drug-likeness (QED) is 0.859. The first-order valence-corrected chi connectivity index (χ1v) is 5.36. The lowest BCUT2D eigenvalue weighted by Crippen LogP contribution is -2.25. The molecule has 1 aromatic rings. The minimum atomic E-state index is -0.782. The monoisotopic (exact) mass is 251 g/mol. The lowest BCUT2D eigenvalue weighted by molar-refractivity contribution is -0.123. The number of benzene rings is 1. The molecule has 1 unspecified atom stereocenters. The van der Waals surface area contributed by atoms with Crippen LogP contribution in [0.5, 0.6) is 11.5 Å². The fourth-order valence-corrected chi connectivity index (χ4v) is 1.75. The zero-order valence-corrected chi connectivity index (χ0v) is 10.1. The van der Waals surface area contributed by atoms with E-state index in [0.29, 0.717) is 17.9 Å². The first-order chi connectivity index (χ1) is 8.63. The molecule has 0 saturated carbocycles. The Morgan fingerprint density at radius 1 is 1.22 bits per heavy atom. The Bertz CT molecular complexity index is 485. The number of imide groups is 1. The molecule has 0 spiro atoms. The molecule has 0 aliphatic carbocycles. The van der Waals surface area contributed by atoms with Crippen molar-refractivity contribution in [2.45, 2.75) is 12.5 Å². The van der Waals surface area contributed by atoms with Gasteiger partial charge in [0.1, 0.15) is 0 Å². The number of hydrogen-bond donors (Lipinski definition) is 1. The van der Waals surface area contributed by atoms with Crippen LogP contribution in [0, 0.1) is 0 Å². The Hall–Kier alpha value is -2.24. The number of ether oxygens (including phenoxy) is 3. The molecule has 1 fully saturated rings. The molecule has 1 atom stereocenters. The maximum absolute atomic E-state index is 11.4. The van der Waals surface area contributed by atoms with Crippen LogP contribution < -0.4 is 14.8 Å². The Morgan fingerprint density at radius 2 is 1.94 bits per heavy atom. The van der Waals surface area contributed by atoms with Crippen LogP contribution in [0.4, 0.5) is 4.79 Å². The molecular weight excluding hydrogens is 238 g/mol. The van der Waals surface area contributed by atoms with Crippen LogP contribution in [-0.2, 0) is 16.0 Å². The summed E-state index contributed by atoms with van der Waals surface area (Å²) in [5.41, 5.74) is 0.822. The summed E-state index contributed by atoms with van der Waals surface area (Å²) in [5, 5.41) is 2.08. The van der Waals surface area contributed by atoms with Crippen LogP contribution in [0.1, 0.15) is 5.56 Å². The second-order valence-corrected chi connectivity index (χ2v) is 3.78. The number of carbonyl (C=O) groups is 2. The minimum Gasteiger partial charge on any atom is -0.493 e. The fourth-order valence-electron chi connectivity index (χ4n) is 1.75. The second kappa shape index (κ2) is 4.95. The zero-order chi connectivity index (χ0) is 13.1. The lowest BCUT2D eigenvalue weighted by atomic mass is 10.1. The first-order valence-electron chi connectivity index (χ1n) is 5.36. The van der Waals surface area contributed by atoms with Crippen LogP contribution in [0.2, 0.25) is 0 Å². The van der Waals surface area contributed by atoms with Gasteiger partial charge in [-0.1, -0.05) is 6.07 Å². The SMILES string of the molecule is COc1ccc(CC2OC(=O)NC2=O)cc1OC. The lowest BCUT2D eigenvalue weighted by Gasteiger charge is -2.11. The third-order valence-corrected chi connectivity index (χ3v) is 2.64. The van der Waals surface area contributed by atoms with Crippen molar-refractivity contribution in [3.63, 3.8) is 0 Å². The number of rotatable bonds is 4. The highest BCUT2D eigenvalue weighted by atomic mass is 16.6. The summed E-state index contributed by atoms with van der Waals surface area (Å²) in [6.45, 7) is 0. The summed E-state index contributed by atoms with van der Waals surface area (Å²) < 4.78 is 15.1. The minimum absolute atomic E-state index is 0.303. The standard InChI is InChI=1S/C12H13NO5/c1-16-8-4-3-7(5-9(8)17-2)6-10-11(14)13-12(15)18-10/h3-5,10H,6H2,1-2H3,(H,13,14,15). The third-order valence-electron chi connectivity index (χ3n) is 2.64. The van der Waals surface area contributed by atoms with E-state index in [9.17, 15) is 9.59 Å². The maximum atomic E-state index is 11.4. The average Bonchev–Trinajstić information content (AvgIpc) is 2.67. The molecule has 0 radical (unpaired) electrons. The molecule has 6 heteroatoms. The number of cyclic esters (lactones) is 1. The van der Waals surface area contributed by atoms with Gasteiger partial charge in [-0.05, 0) is 17.7 Å². The van der Waals surface area contributed by atoms with Crippen LogP contribution in [0.15, 0.2) is 18.2 Å². The number of methoxy groups -OCH3 is 2. The number of alkyl carbamates (subject to hydrolysis) is 1. The third kappa shape index (κ3) is 2.37. The van der Waals surface area contributed by atoms with Gasteiger partial charge < -0.3 is 14.2 Å². The number of hydrogen-bond acceptors (Lipinski definition) is 5. The van der Waals surface area contributed by atoms with Crippen molar-refractivity contribution in [2.75, 3.05) is 14.2 Å². The highest BCUT2D eigenvalue weighted by Crippen LogP contribution is 2.28. The van der Waals surface area contributed by atoms with Gasteiger partial charge in [-0.2, -0.15) is 0 Å². The normalized spacial score (nSPS) is 18.2. The zero-order valence-electron chi connectivity index (χ0n) is 10.1. The number of nitrogens with one attached hydrogen (secondary N) is 1. The van der Waals surface area contributed by atoms with Crippen molar-refractivity contribution in [1.29, 1.82) is 0 Å². The molecule has 96 valence electrons. The van der Waals surface area contributed by atoms with Crippen LogP contribution in [-0.4, -0.2) is 32.3 Å². The van der Waals surface area contributed by atoms with Gasteiger partial charge in [0.15, 0.2) is 17.6 Å². The maximum Gasteiger partial charge on any atom is 0.414 e. The average molecular weight is 251 g/mol. The van der Waals surface area contributed by atoms with E-state index in [1.165, 1.54) is 7.11 Å². The van der Waals surface area contributed by atoms with Crippen molar-refractivity contribution in [1.82, 2.24) is 5.32 Å². The predicted octanol–water partition coefficient (Wildman–Crippen LogP) is 0.881. The summed E-state index contributed by atoms with van der Waals surface area (Å²) in [7, 11) is 3.08. The van der Waals surface area contributed by atoms with Gasteiger partial charge in [0.2, 0.25) is 0 Å². The van der Waals surface area contributed by atoms with Gasteiger partial charge in [-0.3, -0.25) is 10.1 Å². The van der Waals surface area contributed by atoms with Gasteiger partial charge in [0.05, 0.1) is 14.2 Å². The van der Waals surface area contributed by atoms with Crippen molar-refractivity contribution in [2.24, 2.45) is 0 Å². The largest absolute Gasteiger partial charge is 0.493 e. The van der Waals surface area contributed by atoms with E-state index >= 15 is 0 Å². The van der Waals surface area contributed by atoms with E-state index in [-0.39, 0.29) is 0 Å². The molecule has 1 aliphatic rings. The van der Waals surface area contributed by atoms with E-state index in [1.807, 2.05) is 0 Å². The molecule has 18 heavy (non-hydrogen) atoms. The highest BCUT2D eigenvalue weighted by molar-refractivity contribution is 6.00. The topological polar surface area (TPSA) is 73.9 Å². The molecule has 1 saturated heterocycles. The Kier molecular flexibility index (Phi) is 3.36. The van der Waals surface area contributed by atoms with Crippen LogP contribution in [0.25, 0.3) is 0 Å². The van der Waals surface area contributed by atoms with Gasteiger partial charge in [0.25, 0.3) is 5.91 Å². The molecule has 0 bridgehead atoms. The molecule has 1 aliphatic heterocycles. The first kappa shape index (κ1) is 12.2. The fraction of sp³-hybridized carbons (Fsp3) is 0.333. The van der Waals surface area contributed by atoms with Crippen molar-refractivity contribution < 1.29 is 23.8 Å². The van der Waals surface area contributed by atoms with Crippen molar-refractivity contribution >= 4 is 12.0 Å². The van der Waals surface area contributed by atoms with E-state index in [0.717, 1.165) is 5.56 Å². The smallest absolute Gasteiger partial charge is 0.414 e. The van der Waals surface area contributed by atoms with E-state index in [2.05, 4.69) is 5.32 Å². The van der Waals surface area contributed by atoms with Crippen molar-refractivity contribution in [3.8, 4) is 11.5 Å². The molecule has 2 amide bonds.